The molecule has 2 aromatic carbocycles. The number of hydrogen-bond donors (Lipinski definition) is 1. The number of benzene rings is 2. The van der Waals surface area contributed by atoms with E-state index in [1.807, 2.05) is 60.9 Å². The van der Waals surface area contributed by atoms with Crippen molar-refractivity contribution in [2.24, 2.45) is 0 Å². The van der Waals surface area contributed by atoms with Gasteiger partial charge < -0.3 is 9.64 Å². The molecule has 1 atom stereocenters. The maximum atomic E-state index is 13.0. The highest BCUT2D eigenvalue weighted by Crippen LogP contribution is 2.15. The first-order valence-electron chi connectivity index (χ1n) is 10.2. The van der Waals surface area contributed by atoms with Crippen LogP contribution >= 0.6 is 11.8 Å². The Morgan fingerprint density at radius 2 is 1.88 bits per heavy atom. The second-order valence-corrected chi connectivity index (χ2v) is 9.73. The van der Waals surface area contributed by atoms with Gasteiger partial charge >= 0.3 is 0 Å². The first-order chi connectivity index (χ1) is 15.3. The number of likely N-dealkylation sites (N-methyl/N-ethyl adjacent to an activating group) is 1. The van der Waals surface area contributed by atoms with Crippen molar-refractivity contribution in [3.05, 3.63) is 83.8 Å². The molecule has 6 nitrogen and oxygen atoms in total. The topological polar surface area (TPSA) is 75.7 Å². The zero-order valence-electron chi connectivity index (χ0n) is 18.4. The van der Waals surface area contributed by atoms with Crippen LogP contribution in [0.15, 0.2) is 72.7 Å². The predicted octanol–water partition coefficient (Wildman–Crippen LogP) is 3.92. The van der Waals surface area contributed by atoms with Crippen LogP contribution in [0.1, 0.15) is 17.5 Å². The molecule has 1 unspecified atom stereocenters. The fraction of sp³-hybridized carbons (Fsp3) is 0.292. The average molecular weight is 475 g/mol. The third kappa shape index (κ3) is 8.90. The zero-order valence-corrected chi connectivity index (χ0v) is 20.1. The molecular weight excluding hydrogens is 444 g/mol. The molecule has 0 radical (unpaired) electrons. The molecule has 8 heteroatoms. The molecule has 1 amide bonds. The van der Waals surface area contributed by atoms with Crippen molar-refractivity contribution in [1.29, 1.82) is 0 Å². The summed E-state index contributed by atoms with van der Waals surface area (Å²) in [6.45, 7) is 4.40. The molecule has 0 fully saturated rings. The maximum absolute atomic E-state index is 13.0. The lowest BCUT2D eigenvalue weighted by molar-refractivity contribution is -0.132. The van der Waals surface area contributed by atoms with Gasteiger partial charge in [0, 0.05) is 19.0 Å². The third-order valence-corrected chi connectivity index (χ3v) is 6.29. The van der Waals surface area contributed by atoms with E-state index in [1.165, 1.54) is 11.0 Å². The van der Waals surface area contributed by atoms with E-state index in [4.69, 9.17) is 4.74 Å². The second-order valence-electron chi connectivity index (χ2n) is 7.15. The molecule has 1 N–H and O–H groups in total. The number of hydrogen-bond acceptors (Lipinski definition) is 5. The van der Waals surface area contributed by atoms with Crippen LogP contribution in [0.3, 0.4) is 0 Å². The van der Waals surface area contributed by atoms with Gasteiger partial charge in [-0.2, -0.15) is 16.5 Å². The standard InChI is InChI=1S/C24H30N2O4S2/c1-4-16-30-22-12-10-21(11-13-22)19-26(2)24(27)23(14-17-31-3)25-32(28,29)18-15-20-8-6-5-7-9-20/h4-13,15,18,23,25H,1,14,16-17,19H2,2-3H3/b18-15+. The average Bonchev–Trinajstić information content (AvgIpc) is 2.80. The third-order valence-electron chi connectivity index (χ3n) is 4.54. The first-order valence-corrected chi connectivity index (χ1v) is 13.1. The Balaban J connectivity index is 2.05. The van der Waals surface area contributed by atoms with Crippen LogP contribution in [0.5, 0.6) is 5.75 Å². The summed E-state index contributed by atoms with van der Waals surface area (Å²) in [4.78, 5) is 14.6. The number of carbonyl (C=O) groups excluding carboxylic acids is 1. The summed E-state index contributed by atoms with van der Waals surface area (Å²) in [5.41, 5.74) is 1.68. The van der Waals surface area contributed by atoms with Gasteiger partial charge in [0.2, 0.25) is 15.9 Å². The van der Waals surface area contributed by atoms with E-state index in [1.54, 1.807) is 24.9 Å². The van der Waals surface area contributed by atoms with Gasteiger partial charge in [0.05, 0.1) is 0 Å². The number of ether oxygens (including phenoxy) is 1. The van der Waals surface area contributed by atoms with Gasteiger partial charge in [0.15, 0.2) is 0 Å². The summed E-state index contributed by atoms with van der Waals surface area (Å²) in [6.07, 6.45) is 5.51. The number of nitrogens with one attached hydrogen (secondary N) is 1. The van der Waals surface area contributed by atoms with E-state index < -0.39 is 16.1 Å². The van der Waals surface area contributed by atoms with Gasteiger partial charge in [0.25, 0.3) is 0 Å². The van der Waals surface area contributed by atoms with Crippen molar-refractivity contribution in [3.63, 3.8) is 0 Å². The number of carbonyl (C=O) groups is 1. The number of sulfonamides is 1. The highest BCUT2D eigenvalue weighted by atomic mass is 32.2. The molecule has 0 saturated carbocycles. The van der Waals surface area contributed by atoms with E-state index in [2.05, 4.69) is 11.3 Å². The van der Waals surface area contributed by atoms with Gasteiger partial charge in [-0.3, -0.25) is 4.79 Å². The highest BCUT2D eigenvalue weighted by Gasteiger charge is 2.25. The van der Waals surface area contributed by atoms with Crippen molar-refractivity contribution in [2.45, 2.75) is 19.0 Å². The summed E-state index contributed by atoms with van der Waals surface area (Å²) in [5.74, 6) is 1.10. The summed E-state index contributed by atoms with van der Waals surface area (Å²) < 4.78 is 33.2. The van der Waals surface area contributed by atoms with E-state index in [0.717, 1.165) is 22.3 Å². The summed E-state index contributed by atoms with van der Waals surface area (Å²) >= 11 is 1.56. The van der Waals surface area contributed by atoms with E-state index in [9.17, 15) is 13.2 Å². The molecule has 0 saturated heterocycles. The molecule has 172 valence electrons. The van der Waals surface area contributed by atoms with Gasteiger partial charge in [-0.15, -0.1) is 0 Å². The Morgan fingerprint density at radius 3 is 2.50 bits per heavy atom. The van der Waals surface area contributed by atoms with Crippen molar-refractivity contribution in [1.82, 2.24) is 9.62 Å². The van der Waals surface area contributed by atoms with Crippen molar-refractivity contribution < 1.29 is 17.9 Å². The second kappa shape index (κ2) is 13.1. The molecule has 0 spiro atoms. The molecule has 32 heavy (non-hydrogen) atoms. The Bertz CT molecular complexity index is 990. The van der Waals surface area contributed by atoms with Crippen LogP contribution in [0.4, 0.5) is 0 Å². The van der Waals surface area contributed by atoms with Crippen LogP contribution in [0, 0.1) is 0 Å². The van der Waals surface area contributed by atoms with Crippen molar-refractivity contribution in [3.8, 4) is 5.75 Å². The van der Waals surface area contributed by atoms with Crippen LogP contribution in [-0.2, 0) is 21.4 Å². The normalized spacial score (nSPS) is 12.4. The van der Waals surface area contributed by atoms with E-state index >= 15 is 0 Å². The quantitative estimate of drug-likeness (QED) is 0.445. The van der Waals surface area contributed by atoms with Crippen molar-refractivity contribution in [2.75, 3.05) is 25.7 Å². The predicted molar refractivity (Wildman–Crippen MR) is 133 cm³/mol. The lowest BCUT2D eigenvalue weighted by Crippen LogP contribution is -2.46. The number of nitrogens with zero attached hydrogens (tertiary/aromatic N) is 1. The SMILES string of the molecule is C=CCOc1ccc(CN(C)C(=O)C(CCSC)NS(=O)(=O)/C=C/c2ccccc2)cc1. The minimum Gasteiger partial charge on any atom is -0.490 e. The fourth-order valence-electron chi connectivity index (χ4n) is 2.90. The largest absolute Gasteiger partial charge is 0.490 e. The highest BCUT2D eigenvalue weighted by molar-refractivity contribution is 7.98. The molecule has 0 aliphatic carbocycles. The molecule has 2 aromatic rings. The van der Waals surface area contributed by atoms with E-state index in [-0.39, 0.29) is 5.91 Å². The number of thioether (sulfide) groups is 1. The molecule has 0 heterocycles. The lowest BCUT2D eigenvalue weighted by Gasteiger charge is -2.24. The fourth-order valence-corrected chi connectivity index (χ4v) is 4.40. The maximum Gasteiger partial charge on any atom is 0.240 e. The van der Waals surface area contributed by atoms with Gasteiger partial charge in [-0.25, -0.2) is 8.42 Å². The molecule has 0 aromatic heterocycles. The van der Waals surface area contributed by atoms with E-state index in [0.29, 0.717) is 25.3 Å². The minimum atomic E-state index is -3.79. The Hall–Kier alpha value is -2.55. The monoisotopic (exact) mass is 474 g/mol. The zero-order chi connectivity index (χ0) is 23.4. The van der Waals surface area contributed by atoms with Gasteiger partial charge in [-0.05, 0) is 47.8 Å². The van der Waals surface area contributed by atoms with Gasteiger partial charge in [-0.1, -0.05) is 55.1 Å². The molecular formula is C24H30N2O4S2. The van der Waals surface area contributed by atoms with Crippen molar-refractivity contribution >= 4 is 33.8 Å². The Morgan fingerprint density at radius 1 is 1.19 bits per heavy atom. The van der Waals surface area contributed by atoms with Crippen LogP contribution in [0.2, 0.25) is 0 Å². The van der Waals surface area contributed by atoms with Crippen LogP contribution < -0.4 is 9.46 Å². The summed E-state index contributed by atoms with van der Waals surface area (Å²) in [5, 5.41) is 1.10. The summed E-state index contributed by atoms with van der Waals surface area (Å²) in [6, 6.07) is 15.7. The molecule has 0 aliphatic heterocycles. The number of amides is 1. The molecule has 2 rings (SSSR count). The Kier molecular flexibility index (Phi) is 10.5. The van der Waals surface area contributed by atoms with Gasteiger partial charge in [0.1, 0.15) is 18.4 Å². The Labute approximate surface area is 195 Å². The molecule has 0 bridgehead atoms. The summed E-state index contributed by atoms with van der Waals surface area (Å²) in [7, 11) is -2.12. The molecule has 0 aliphatic rings. The smallest absolute Gasteiger partial charge is 0.240 e. The van der Waals surface area contributed by atoms with Crippen LogP contribution in [-0.4, -0.2) is 50.9 Å². The van der Waals surface area contributed by atoms with Crippen LogP contribution in [0.25, 0.3) is 6.08 Å². The minimum absolute atomic E-state index is 0.275. The lowest BCUT2D eigenvalue weighted by atomic mass is 10.1. The number of rotatable bonds is 13. The first kappa shape index (κ1) is 25.7.